The first-order valence-electron chi connectivity index (χ1n) is 8.62. The Labute approximate surface area is 156 Å². The Morgan fingerprint density at radius 2 is 1.67 bits per heavy atom. The van der Waals surface area contributed by atoms with Gasteiger partial charge in [-0.25, -0.2) is 9.78 Å². The predicted octanol–water partition coefficient (Wildman–Crippen LogP) is 4.79. The molecule has 0 saturated heterocycles. The van der Waals surface area contributed by atoms with E-state index >= 15 is 0 Å². The number of fused-ring (bicyclic) bond motifs is 1. The largest absolute Gasteiger partial charge is 0.457 e. The highest BCUT2D eigenvalue weighted by molar-refractivity contribution is 5.89. The van der Waals surface area contributed by atoms with Crippen LogP contribution in [-0.4, -0.2) is 15.4 Å². The van der Waals surface area contributed by atoms with E-state index in [9.17, 15) is 4.79 Å². The van der Waals surface area contributed by atoms with Crippen LogP contribution >= 0.6 is 0 Å². The Kier molecular flexibility index (Phi) is 4.58. The van der Waals surface area contributed by atoms with Crippen LogP contribution in [0.15, 0.2) is 79.1 Å². The van der Waals surface area contributed by atoms with Crippen LogP contribution in [0.25, 0.3) is 5.65 Å². The maximum absolute atomic E-state index is 12.3. The molecule has 0 aliphatic heterocycles. The van der Waals surface area contributed by atoms with Crippen molar-refractivity contribution in [3.05, 3.63) is 95.9 Å². The van der Waals surface area contributed by atoms with Crippen molar-refractivity contribution in [2.75, 3.05) is 0 Å². The number of para-hydroxylation sites is 1. The molecule has 0 saturated carbocycles. The minimum atomic E-state index is -0.394. The van der Waals surface area contributed by atoms with Crippen LogP contribution in [0.4, 0.5) is 0 Å². The zero-order valence-electron chi connectivity index (χ0n) is 14.8. The Bertz CT molecular complexity index is 1070. The first kappa shape index (κ1) is 16.8. The molecule has 5 nitrogen and oxygen atoms in total. The summed E-state index contributed by atoms with van der Waals surface area (Å²) in [6.45, 7) is 2.14. The van der Waals surface area contributed by atoms with E-state index in [0.29, 0.717) is 17.0 Å². The van der Waals surface area contributed by atoms with Crippen LogP contribution in [0, 0.1) is 6.92 Å². The van der Waals surface area contributed by atoms with Gasteiger partial charge in [-0.05, 0) is 55.0 Å². The number of carbonyl (C=O) groups excluding carboxylic acids is 1. The number of aryl methyl sites for hydroxylation is 1. The molecule has 0 N–H and O–H groups in total. The van der Waals surface area contributed by atoms with E-state index < -0.39 is 5.97 Å². The maximum atomic E-state index is 12.3. The number of esters is 1. The summed E-state index contributed by atoms with van der Waals surface area (Å²) in [6, 6.07) is 20.3. The van der Waals surface area contributed by atoms with Crippen molar-refractivity contribution in [1.29, 1.82) is 0 Å². The third-order valence-corrected chi connectivity index (χ3v) is 4.07. The number of ether oxygens (including phenoxy) is 2. The second-order valence-electron chi connectivity index (χ2n) is 6.22. The lowest BCUT2D eigenvalue weighted by Gasteiger charge is -2.06. The van der Waals surface area contributed by atoms with Gasteiger partial charge in [-0.15, -0.1) is 0 Å². The van der Waals surface area contributed by atoms with E-state index in [-0.39, 0.29) is 6.61 Å². The zero-order chi connectivity index (χ0) is 18.6. The average molecular weight is 358 g/mol. The average Bonchev–Trinajstić information content (AvgIpc) is 3.09. The standard InChI is InChI=1S/C22H18N2O3/c1-16-7-12-21-23-18(14-24(21)13-16)15-26-22(25)17-8-10-20(11-9-17)27-19-5-3-2-4-6-19/h2-14H,15H2,1H3. The molecule has 134 valence electrons. The maximum Gasteiger partial charge on any atom is 0.338 e. The second-order valence-corrected chi connectivity index (χ2v) is 6.22. The van der Waals surface area contributed by atoms with Crippen molar-refractivity contribution >= 4 is 11.6 Å². The summed E-state index contributed by atoms with van der Waals surface area (Å²) in [5.41, 5.74) is 3.14. The van der Waals surface area contributed by atoms with Crippen LogP contribution in [0.5, 0.6) is 11.5 Å². The minimum Gasteiger partial charge on any atom is -0.457 e. The van der Waals surface area contributed by atoms with E-state index in [1.165, 1.54) is 0 Å². The van der Waals surface area contributed by atoms with Crippen molar-refractivity contribution in [1.82, 2.24) is 9.38 Å². The number of rotatable bonds is 5. The lowest BCUT2D eigenvalue weighted by atomic mass is 10.2. The highest BCUT2D eigenvalue weighted by Gasteiger charge is 2.10. The van der Waals surface area contributed by atoms with Gasteiger partial charge < -0.3 is 13.9 Å². The van der Waals surface area contributed by atoms with Gasteiger partial charge in [0.25, 0.3) is 0 Å². The van der Waals surface area contributed by atoms with E-state index in [1.54, 1.807) is 24.3 Å². The van der Waals surface area contributed by atoms with Crippen LogP contribution < -0.4 is 4.74 Å². The van der Waals surface area contributed by atoms with Crippen molar-refractivity contribution in [3.63, 3.8) is 0 Å². The van der Waals surface area contributed by atoms with Crippen molar-refractivity contribution < 1.29 is 14.3 Å². The van der Waals surface area contributed by atoms with Gasteiger partial charge in [0.05, 0.1) is 11.3 Å². The zero-order valence-corrected chi connectivity index (χ0v) is 14.8. The third kappa shape index (κ3) is 3.98. The molecule has 0 aliphatic rings. The number of hydrogen-bond donors (Lipinski definition) is 0. The first-order valence-corrected chi connectivity index (χ1v) is 8.62. The Morgan fingerprint density at radius 1 is 0.926 bits per heavy atom. The van der Waals surface area contributed by atoms with Crippen LogP contribution in [-0.2, 0) is 11.3 Å². The molecule has 2 aromatic carbocycles. The minimum absolute atomic E-state index is 0.127. The van der Waals surface area contributed by atoms with E-state index in [4.69, 9.17) is 9.47 Å². The Hall–Kier alpha value is -3.60. The summed E-state index contributed by atoms with van der Waals surface area (Å²) in [4.78, 5) is 16.7. The molecular formula is C22H18N2O3. The molecule has 0 amide bonds. The summed E-state index contributed by atoms with van der Waals surface area (Å²) in [5.74, 6) is 1.01. The van der Waals surface area contributed by atoms with Crippen molar-refractivity contribution in [3.8, 4) is 11.5 Å². The van der Waals surface area contributed by atoms with E-state index in [0.717, 1.165) is 17.0 Å². The first-order chi connectivity index (χ1) is 13.2. The number of hydrogen-bond acceptors (Lipinski definition) is 4. The molecular weight excluding hydrogens is 340 g/mol. The molecule has 27 heavy (non-hydrogen) atoms. The van der Waals surface area contributed by atoms with Gasteiger partial charge in [0.15, 0.2) is 0 Å². The fourth-order valence-corrected chi connectivity index (χ4v) is 2.73. The fourth-order valence-electron chi connectivity index (χ4n) is 2.73. The normalized spacial score (nSPS) is 10.7. The molecule has 0 radical (unpaired) electrons. The highest BCUT2D eigenvalue weighted by Crippen LogP contribution is 2.21. The smallest absolute Gasteiger partial charge is 0.338 e. The number of pyridine rings is 1. The van der Waals surface area contributed by atoms with Gasteiger partial charge in [0.2, 0.25) is 0 Å². The molecule has 0 unspecified atom stereocenters. The molecule has 0 aliphatic carbocycles. The van der Waals surface area contributed by atoms with Crippen molar-refractivity contribution in [2.24, 2.45) is 0 Å². The predicted molar refractivity (Wildman–Crippen MR) is 102 cm³/mol. The number of aromatic nitrogens is 2. The number of imidazole rings is 1. The number of nitrogens with zero attached hydrogens (tertiary/aromatic N) is 2. The third-order valence-electron chi connectivity index (χ3n) is 4.07. The van der Waals surface area contributed by atoms with Gasteiger partial charge in [0.1, 0.15) is 23.8 Å². The highest BCUT2D eigenvalue weighted by atomic mass is 16.5. The van der Waals surface area contributed by atoms with Gasteiger partial charge in [-0.1, -0.05) is 24.3 Å². The van der Waals surface area contributed by atoms with E-state index in [2.05, 4.69) is 4.98 Å². The molecule has 2 heterocycles. The lowest BCUT2D eigenvalue weighted by molar-refractivity contribution is 0.0468. The summed E-state index contributed by atoms with van der Waals surface area (Å²) in [6.07, 6.45) is 3.85. The van der Waals surface area contributed by atoms with Gasteiger partial charge in [-0.2, -0.15) is 0 Å². The molecule has 2 aromatic heterocycles. The van der Waals surface area contributed by atoms with Gasteiger partial charge in [-0.3, -0.25) is 0 Å². The van der Waals surface area contributed by atoms with Gasteiger partial charge in [0, 0.05) is 12.4 Å². The summed E-state index contributed by atoms with van der Waals surface area (Å²) < 4.78 is 13.0. The topological polar surface area (TPSA) is 52.8 Å². The summed E-state index contributed by atoms with van der Waals surface area (Å²) >= 11 is 0. The van der Waals surface area contributed by atoms with Crippen LogP contribution in [0.3, 0.4) is 0 Å². The Balaban J connectivity index is 1.38. The van der Waals surface area contributed by atoms with E-state index in [1.807, 2.05) is 66.2 Å². The molecule has 4 rings (SSSR count). The number of carbonyl (C=O) groups is 1. The van der Waals surface area contributed by atoms with Crippen LogP contribution in [0.2, 0.25) is 0 Å². The molecule has 4 aromatic rings. The molecule has 0 spiro atoms. The Morgan fingerprint density at radius 3 is 2.44 bits per heavy atom. The number of benzene rings is 2. The summed E-state index contributed by atoms with van der Waals surface area (Å²) in [5, 5.41) is 0. The van der Waals surface area contributed by atoms with Crippen LogP contribution in [0.1, 0.15) is 21.6 Å². The fraction of sp³-hybridized carbons (Fsp3) is 0.0909. The molecule has 0 fully saturated rings. The molecule has 5 heteroatoms. The lowest BCUT2D eigenvalue weighted by Crippen LogP contribution is -2.05. The van der Waals surface area contributed by atoms with Crippen molar-refractivity contribution in [2.45, 2.75) is 13.5 Å². The SMILES string of the molecule is Cc1ccc2nc(COC(=O)c3ccc(Oc4ccccc4)cc3)cn2c1. The monoisotopic (exact) mass is 358 g/mol. The second kappa shape index (κ2) is 7.33. The molecule has 0 atom stereocenters. The summed E-state index contributed by atoms with van der Waals surface area (Å²) in [7, 11) is 0. The van der Waals surface area contributed by atoms with Gasteiger partial charge >= 0.3 is 5.97 Å². The molecule has 0 bridgehead atoms. The quantitative estimate of drug-likeness (QED) is 0.481.